The summed E-state index contributed by atoms with van der Waals surface area (Å²) in [6.07, 6.45) is 0. The Hall–Kier alpha value is -2.08. The highest BCUT2D eigenvalue weighted by molar-refractivity contribution is 7.91. The third-order valence-electron chi connectivity index (χ3n) is 3.47. The normalized spacial score (nSPS) is 12.9. The van der Waals surface area contributed by atoms with Crippen molar-refractivity contribution in [2.24, 2.45) is 0 Å². The molecule has 1 amide bonds. The zero-order valence-corrected chi connectivity index (χ0v) is 14.5. The van der Waals surface area contributed by atoms with E-state index in [0.29, 0.717) is 5.76 Å². The molecule has 2 aromatic rings. The van der Waals surface area contributed by atoms with Crippen molar-refractivity contribution < 1.29 is 17.6 Å². The number of carbonyl (C=O) groups is 1. The Labute approximate surface area is 136 Å². The smallest absolute Gasteiger partial charge is 0.287 e. The van der Waals surface area contributed by atoms with E-state index < -0.39 is 21.8 Å². The molecule has 0 unspecified atom stereocenters. The maximum Gasteiger partial charge on any atom is 0.287 e. The fourth-order valence-electron chi connectivity index (χ4n) is 2.37. The summed E-state index contributed by atoms with van der Waals surface area (Å²) in [7, 11) is -3.45. The van der Waals surface area contributed by atoms with Crippen molar-refractivity contribution in [3.8, 4) is 0 Å². The lowest BCUT2D eigenvalue weighted by Crippen LogP contribution is -2.37. The van der Waals surface area contributed by atoms with Gasteiger partial charge in [0.25, 0.3) is 5.91 Å². The fraction of sp³-hybridized carbons (Fsp3) is 0.353. The Morgan fingerprint density at radius 1 is 1.17 bits per heavy atom. The number of aryl methyl sites for hydroxylation is 3. The van der Waals surface area contributed by atoms with Crippen LogP contribution in [0.5, 0.6) is 0 Å². The number of carbonyl (C=O) groups excluding carboxylic acids is 1. The first-order valence-corrected chi connectivity index (χ1v) is 9.01. The molecule has 0 aliphatic carbocycles. The van der Waals surface area contributed by atoms with Gasteiger partial charge < -0.3 is 9.73 Å². The molecule has 0 radical (unpaired) electrons. The van der Waals surface area contributed by atoms with Gasteiger partial charge in [0, 0.05) is 11.6 Å². The van der Waals surface area contributed by atoms with Crippen molar-refractivity contribution in [2.75, 3.05) is 5.75 Å². The maximum atomic E-state index is 12.4. The molecular weight excluding hydrogens is 314 g/mol. The number of amides is 1. The van der Waals surface area contributed by atoms with Crippen LogP contribution in [0, 0.1) is 20.8 Å². The number of hydrogen-bond acceptors (Lipinski definition) is 4. The highest BCUT2D eigenvalue weighted by Gasteiger charge is 2.22. The monoisotopic (exact) mass is 335 g/mol. The van der Waals surface area contributed by atoms with Gasteiger partial charge in [0.1, 0.15) is 5.76 Å². The van der Waals surface area contributed by atoms with Crippen LogP contribution in [0.4, 0.5) is 0 Å². The zero-order valence-electron chi connectivity index (χ0n) is 13.7. The Bertz CT molecular complexity index is 804. The molecule has 124 valence electrons. The van der Waals surface area contributed by atoms with E-state index >= 15 is 0 Å². The predicted molar refractivity (Wildman–Crippen MR) is 88.3 cm³/mol. The van der Waals surface area contributed by atoms with Crippen LogP contribution < -0.4 is 5.32 Å². The average Bonchev–Trinajstić information content (AvgIpc) is 2.77. The van der Waals surface area contributed by atoms with Crippen molar-refractivity contribution in [3.63, 3.8) is 0 Å². The Morgan fingerprint density at radius 2 is 1.78 bits per heavy atom. The van der Waals surface area contributed by atoms with Crippen LogP contribution >= 0.6 is 0 Å². The predicted octanol–water partition coefficient (Wildman–Crippen LogP) is 2.80. The molecule has 0 saturated carbocycles. The van der Waals surface area contributed by atoms with E-state index in [0.717, 1.165) is 11.1 Å². The summed E-state index contributed by atoms with van der Waals surface area (Å²) in [5.74, 6) is 0.303. The van der Waals surface area contributed by atoms with Gasteiger partial charge in [-0.25, -0.2) is 8.42 Å². The van der Waals surface area contributed by atoms with Crippen molar-refractivity contribution in [1.29, 1.82) is 0 Å². The molecule has 1 atom stereocenters. The highest BCUT2D eigenvalue weighted by Crippen LogP contribution is 2.15. The summed E-state index contributed by atoms with van der Waals surface area (Å²) < 4.78 is 30.1. The Balaban J connectivity index is 2.06. The van der Waals surface area contributed by atoms with Crippen LogP contribution in [0.25, 0.3) is 0 Å². The molecule has 1 aromatic carbocycles. The topological polar surface area (TPSA) is 76.4 Å². The second-order valence-corrected chi connectivity index (χ2v) is 7.87. The van der Waals surface area contributed by atoms with Gasteiger partial charge in [-0.05, 0) is 45.9 Å². The number of nitrogens with one attached hydrogen (secondary N) is 1. The number of furan rings is 1. The van der Waals surface area contributed by atoms with Gasteiger partial charge in [0.05, 0.1) is 10.6 Å². The van der Waals surface area contributed by atoms with Crippen molar-refractivity contribution in [2.45, 2.75) is 38.6 Å². The van der Waals surface area contributed by atoms with Crippen LogP contribution in [0.1, 0.15) is 34.4 Å². The van der Waals surface area contributed by atoms with Gasteiger partial charge in [-0.1, -0.05) is 17.7 Å². The van der Waals surface area contributed by atoms with Gasteiger partial charge in [0.15, 0.2) is 15.6 Å². The van der Waals surface area contributed by atoms with E-state index in [1.165, 1.54) is 0 Å². The minimum atomic E-state index is -3.45. The molecule has 0 aliphatic rings. The van der Waals surface area contributed by atoms with E-state index in [2.05, 4.69) is 5.32 Å². The molecule has 6 heteroatoms. The minimum Gasteiger partial charge on any atom is -0.456 e. The van der Waals surface area contributed by atoms with E-state index in [9.17, 15) is 13.2 Å². The summed E-state index contributed by atoms with van der Waals surface area (Å²) in [6, 6.07) is 7.91. The second-order valence-electron chi connectivity index (χ2n) is 5.84. The van der Waals surface area contributed by atoms with Crippen LogP contribution in [0.2, 0.25) is 0 Å². The number of sulfone groups is 1. The molecule has 0 spiro atoms. The highest BCUT2D eigenvalue weighted by atomic mass is 32.2. The van der Waals surface area contributed by atoms with Crippen LogP contribution in [0.15, 0.2) is 39.6 Å². The summed E-state index contributed by atoms with van der Waals surface area (Å²) in [6.45, 7) is 7.09. The molecule has 0 bridgehead atoms. The molecule has 1 heterocycles. The zero-order chi connectivity index (χ0) is 17.2. The van der Waals surface area contributed by atoms with E-state index in [4.69, 9.17) is 4.42 Å². The quantitative estimate of drug-likeness (QED) is 0.911. The third kappa shape index (κ3) is 4.22. The van der Waals surface area contributed by atoms with Crippen LogP contribution in [-0.4, -0.2) is 26.1 Å². The van der Waals surface area contributed by atoms with E-state index in [1.807, 2.05) is 6.92 Å². The summed E-state index contributed by atoms with van der Waals surface area (Å²) >= 11 is 0. The Kier molecular flexibility index (Phi) is 4.94. The molecule has 23 heavy (non-hydrogen) atoms. The summed E-state index contributed by atoms with van der Waals surface area (Å²) in [5, 5.41) is 2.68. The molecule has 1 N–H and O–H groups in total. The lowest BCUT2D eigenvalue weighted by Gasteiger charge is -2.14. The lowest BCUT2D eigenvalue weighted by molar-refractivity contribution is 0.0913. The maximum absolute atomic E-state index is 12.4. The van der Waals surface area contributed by atoms with Crippen molar-refractivity contribution in [3.05, 3.63) is 53.0 Å². The molecule has 5 nitrogen and oxygen atoms in total. The van der Waals surface area contributed by atoms with Gasteiger partial charge in [-0.2, -0.15) is 0 Å². The molecule has 0 aliphatic heterocycles. The van der Waals surface area contributed by atoms with Gasteiger partial charge in [0.2, 0.25) is 0 Å². The van der Waals surface area contributed by atoms with Crippen LogP contribution in [-0.2, 0) is 9.84 Å². The number of hydrogen-bond donors (Lipinski definition) is 1. The lowest BCUT2D eigenvalue weighted by atomic mass is 10.2. The SMILES string of the molecule is Cc1ccc(S(=O)(=O)C[C@@H](C)NC(=O)c2oc(C)cc2C)cc1. The van der Waals surface area contributed by atoms with Crippen molar-refractivity contribution in [1.82, 2.24) is 5.32 Å². The van der Waals surface area contributed by atoms with Crippen molar-refractivity contribution >= 4 is 15.7 Å². The summed E-state index contributed by atoms with van der Waals surface area (Å²) in [5.41, 5.74) is 1.72. The molecule has 1 aromatic heterocycles. The largest absolute Gasteiger partial charge is 0.456 e. The van der Waals surface area contributed by atoms with E-state index in [1.54, 1.807) is 51.1 Å². The molecule has 2 rings (SSSR count). The fourth-order valence-corrected chi connectivity index (χ4v) is 3.85. The molecule has 0 fully saturated rings. The first-order chi connectivity index (χ1) is 10.7. The Morgan fingerprint density at radius 3 is 2.30 bits per heavy atom. The minimum absolute atomic E-state index is 0.166. The van der Waals surface area contributed by atoms with Gasteiger partial charge >= 0.3 is 0 Å². The molecule has 0 saturated heterocycles. The average molecular weight is 335 g/mol. The van der Waals surface area contributed by atoms with Crippen LogP contribution in [0.3, 0.4) is 0 Å². The first-order valence-electron chi connectivity index (χ1n) is 7.36. The molecular formula is C17H21NO4S. The van der Waals surface area contributed by atoms with Gasteiger partial charge in [-0.3, -0.25) is 4.79 Å². The second kappa shape index (κ2) is 6.58. The van der Waals surface area contributed by atoms with Gasteiger partial charge in [-0.15, -0.1) is 0 Å². The first kappa shape index (κ1) is 17.3. The number of benzene rings is 1. The standard InChI is InChI=1S/C17H21NO4S/c1-11-5-7-15(8-6-11)23(20,21)10-13(3)18-17(19)16-12(2)9-14(4)22-16/h5-9,13H,10H2,1-4H3,(H,18,19)/t13-/m1/s1. The third-order valence-corrected chi connectivity index (χ3v) is 5.40. The number of rotatable bonds is 5. The van der Waals surface area contributed by atoms with E-state index in [-0.39, 0.29) is 16.4 Å². The summed E-state index contributed by atoms with van der Waals surface area (Å²) in [4.78, 5) is 12.4.